The van der Waals surface area contributed by atoms with Crippen LogP contribution in [-0.2, 0) is 0 Å². The molecule has 1 aliphatic heterocycles. The molecule has 0 bridgehead atoms. The maximum absolute atomic E-state index is 12.5. The van der Waals surface area contributed by atoms with Crippen LogP contribution in [0.4, 0.5) is 10.5 Å². The number of nitrogens with one attached hydrogen (secondary N) is 1. The summed E-state index contributed by atoms with van der Waals surface area (Å²) in [6.07, 6.45) is 3.61. The number of rotatable bonds is 2. The van der Waals surface area contributed by atoms with E-state index >= 15 is 0 Å². The zero-order valence-electron chi connectivity index (χ0n) is 11.8. The molecule has 6 heteroatoms. The topological polar surface area (TPSA) is 45.2 Å². The second-order valence-corrected chi connectivity index (χ2v) is 6.00. The maximum Gasteiger partial charge on any atom is 0.322 e. The third-order valence-corrected chi connectivity index (χ3v) is 4.28. The summed E-state index contributed by atoms with van der Waals surface area (Å²) < 4.78 is 0. The highest BCUT2D eigenvalue weighted by Gasteiger charge is 2.31. The number of anilines is 1. The molecule has 0 spiro atoms. The van der Waals surface area contributed by atoms with Crippen molar-refractivity contribution in [3.63, 3.8) is 0 Å². The molecule has 1 aliphatic rings. The largest absolute Gasteiger partial charge is 0.322 e. The lowest BCUT2D eigenvalue weighted by atomic mass is 10.1. The molecule has 114 valence electrons. The quantitative estimate of drug-likeness (QED) is 0.860. The smallest absolute Gasteiger partial charge is 0.316 e. The van der Waals surface area contributed by atoms with Crippen LogP contribution in [0.1, 0.15) is 24.6 Å². The molecule has 3 rings (SSSR count). The van der Waals surface area contributed by atoms with Gasteiger partial charge in [0.15, 0.2) is 0 Å². The summed E-state index contributed by atoms with van der Waals surface area (Å²) in [5.41, 5.74) is 1.43. The third-order valence-electron chi connectivity index (χ3n) is 3.71. The molecular formula is C16H15Cl2N3O. The van der Waals surface area contributed by atoms with Crippen LogP contribution in [0.15, 0.2) is 42.6 Å². The van der Waals surface area contributed by atoms with E-state index in [4.69, 9.17) is 23.2 Å². The molecule has 4 nitrogen and oxygen atoms in total. The predicted octanol–water partition coefficient (Wildman–Crippen LogP) is 4.76. The molecule has 0 radical (unpaired) electrons. The summed E-state index contributed by atoms with van der Waals surface area (Å²) in [4.78, 5) is 18.7. The second-order valence-electron chi connectivity index (χ2n) is 5.16. The van der Waals surface area contributed by atoms with Gasteiger partial charge in [0, 0.05) is 17.8 Å². The summed E-state index contributed by atoms with van der Waals surface area (Å²) in [6, 6.07) is 10.6. The van der Waals surface area contributed by atoms with Crippen molar-refractivity contribution in [2.45, 2.75) is 18.9 Å². The average Bonchev–Trinajstić information content (AvgIpc) is 3.01. The highest BCUT2D eigenvalue weighted by atomic mass is 35.5. The van der Waals surface area contributed by atoms with Crippen LogP contribution in [0.25, 0.3) is 0 Å². The van der Waals surface area contributed by atoms with Gasteiger partial charge in [0.2, 0.25) is 0 Å². The Bertz CT molecular complexity index is 678. The molecule has 2 amide bonds. The summed E-state index contributed by atoms with van der Waals surface area (Å²) >= 11 is 12.0. The van der Waals surface area contributed by atoms with E-state index in [0.29, 0.717) is 22.3 Å². The number of amides is 2. The molecule has 0 saturated carbocycles. The Morgan fingerprint density at radius 1 is 1.27 bits per heavy atom. The molecule has 22 heavy (non-hydrogen) atoms. The number of carbonyl (C=O) groups is 1. The van der Waals surface area contributed by atoms with Crippen LogP contribution < -0.4 is 5.32 Å². The Kier molecular flexibility index (Phi) is 4.50. The fraction of sp³-hybridized carbons (Fsp3) is 0.250. The number of benzene rings is 1. The van der Waals surface area contributed by atoms with Crippen LogP contribution in [-0.4, -0.2) is 22.5 Å². The number of halogens is 2. The third kappa shape index (κ3) is 3.18. The monoisotopic (exact) mass is 335 g/mol. The van der Waals surface area contributed by atoms with E-state index in [9.17, 15) is 4.79 Å². The van der Waals surface area contributed by atoms with Crippen LogP contribution in [0.2, 0.25) is 10.0 Å². The van der Waals surface area contributed by atoms with Gasteiger partial charge in [0.1, 0.15) is 0 Å². The van der Waals surface area contributed by atoms with Crippen molar-refractivity contribution in [3.05, 3.63) is 58.3 Å². The molecule has 1 aromatic carbocycles. The van der Waals surface area contributed by atoms with E-state index in [1.165, 1.54) is 0 Å². The van der Waals surface area contributed by atoms with Gasteiger partial charge in [0.05, 0.1) is 22.4 Å². The molecule has 0 unspecified atom stereocenters. The van der Waals surface area contributed by atoms with Gasteiger partial charge in [-0.3, -0.25) is 4.98 Å². The first-order valence-electron chi connectivity index (χ1n) is 7.09. The minimum absolute atomic E-state index is 0.000778. The SMILES string of the molecule is O=C(Nc1cc(Cl)ccc1Cl)N1CCC[C@@H]1c1ccccn1. The van der Waals surface area contributed by atoms with E-state index in [0.717, 1.165) is 18.5 Å². The Morgan fingerprint density at radius 3 is 2.91 bits per heavy atom. The highest BCUT2D eigenvalue weighted by molar-refractivity contribution is 6.35. The molecule has 2 aromatic rings. The number of hydrogen-bond donors (Lipinski definition) is 1. The zero-order chi connectivity index (χ0) is 15.5. The van der Waals surface area contributed by atoms with Crippen molar-refractivity contribution >= 4 is 34.9 Å². The summed E-state index contributed by atoms with van der Waals surface area (Å²) in [6.45, 7) is 0.700. The average molecular weight is 336 g/mol. The van der Waals surface area contributed by atoms with Crippen molar-refractivity contribution in [2.24, 2.45) is 0 Å². The number of nitrogens with zero attached hydrogens (tertiary/aromatic N) is 2. The van der Waals surface area contributed by atoms with Gasteiger partial charge in [-0.05, 0) is 43.2 Å². The number of urea groups is 1. The molecule has 0 aliphatic carbocycles. The Labute approximate surface area is 139 Å². The van der Waals surface area contributed by atoms with Crippen LogP contribution >= 0.6 is 23.2 Å². The Balaban J connectivity index is 1.78. The van der Waals surface area contributed by atoms with Gasteiger partial charge in [-0.2, -0.15) is 0 Å². The van der Waals surface area contributed by atoms with Crippen molar-refractivity contribution < 1.29 is 4.79 Å². The fourth-order valence-electron chi connectivity index (χ4n) is 2.67. The van der Waals surface area contributed by atoms with E-state index in [1.807, 2.05) is 18.2 Å². The van der Waals surface area contributed by atoms with Crippen molar-refractivity contribution in [1.82, 2.24) is 9.88 Å². The first kappa shape index (κ1) is 15.1. The minimum atomic E-state index is -0.183. The Morgan fingerprint density at radius 2 is 2.14 bits per heavy atom. The lowest BCUT2D eigenvalue weighted by Gasteiger charge is -2.24. The van der Waals surface area contributed by atoms with Crippen LogP contribution in [0.5, 0.6) is 0 Å². The molecule has 1 atom stereocenters. The molecule has 1 aromatic heterocycles. The van der Waals surface area contributed by atoms with Gasteiger partial charge in [0.25, 0.3) is 0 Å². The number of pyridine rings is 1. The van der Waals surface area contributed by atoms with Gasteiger partial charge in [-0.1, -0.05) is 29.3 Å². The maximum atomic E-state index is 12.5. The Hall–Kier alpha value is -1.78. The van der Waals surface area contributed by atoms with Gasteiger partial charge in [-0.25, -0.2) is 4.79 Å². The van der Waals surface area contributed by atoms with Crippen molar-refractivity contribution in [1.29, 1.82) is 0 Å². The molecule has 1 N–H and O–H groups in total. The van der Waals surface area contributed by atoms with Crippen LogP contribution in [0, 0.1) is 0 Å². The fourth-order valence-corrected chi connectivity index (χ4v) is 3.01. The van der Waals surface area contributed by atoms with E-state index in [-0.39, 0.29) is 12.1 Å². The van der Waals surface area contributed by atoms with Gasteiger partial charge < -0.3 is 10.2 Å². The molecular weight excluding hydrogens is 321 g/mol. The number of likely N-dealkylation sites (tertiary alicyclic amines) is 1. The first-order valence-corrected chi connectivity index (χ1v) is 7.84. The van der Waals surface area contributed by atoms with E-state index in [2.05, 4.69) is 10.3 Å². The van der Waals surface area contributed by atoms with E-state index in [1.54, 1.807) is 29.3 Å². The molecule has 2 heterocycles. The molecule has 1 saturated heterocycles. The second kappa shape index (κ2) is 6.55. The predicted molar refractivity (Wildman–Crippen MR) is 88.4 cm³/mol. The number of hydrogen-bond acceptors (Lipinski definition) is 2. The van der Waals surface area contributed by atoms with Crippen LogP contribution in [0.3, 0.4) is 0 Å². The summed E-state index contributed by atoms with van der Waals surface area (Å²) in [5.74, 6) is 0. The van der Waals surface area contributed by atoms with E-state index < -0.39 is 0 Å². The minimum Gasteiger partial charge on any atom is -0.316 e. The number of aromatic nitrogens is 1. The lowest BCUT2D eigenvalue weighted by molar-refractivity contribution is 0.206. The van der Waals surface area contributed by atoms with Crippen molar-refractivity contribution in [2.75, 3.05) is 11.9 Å². The first-order chi connectivity index (χ1) is 10.6. The highest BCUT2D eigenvalue weighted by Crippen LogP contribution is 2.32. The zero-order valence-corrected chi connectivity index (χ0v) is 13.3. The standard InChI is InChI=1S/C16H15Cl2N3O/c17-11-6-7-12(18)14(10-11)20-16(22)21-9-3-5-15(21)13-4-1-2-8-19-13/h1-2,4,6-8,10,15H,3,5,9H2,(H,20,22)/t15-/m1/s1. The normalized spacial score (nSPS) is 17.5. The van der Waals surface area contributed by atoms with Gasteiger partial charge in [-0.15, -0.1) is 0 Å². The van der Waals surface area contributed by atoms with Crippen molar-refractivity contribution in [3.8, 4) is 0 Å². The summed E-state index contributed by atoms with van der Waals surface area (Å²) in [7, 11) is 0. The number of carbonyl (C=O) groups excluding carboxylic acids is 1. The van der Waals surface area contributed by atoms with Gasteiger partial charge >= 0.3 is 6.03 Å². The summed E-state index contributed by atoms with van der Waals surface area (Å²) in [5, 5.41) is 3.83. The lowest BCUT2D eigenvalue weighted by Crippen LogP contribution is -2.34. The molecule has 1 fully saturated rings.